The van der Waals surface area contributed by atoms with E-state index < -0.39 is 9.05 Å². The summed E-state index contributed by atoms with van der Waals surface area (Å²) >= 11 is 0. The van der Waals surface area contributed by atoms with Gasteiger partial charge in [-0.2, -0.15) is 0 Å². The van der Waals surface area contributed by atoms with Crippen molar-refractivity contribution in [3.05, 3.63) is 23.3 Å². The van der Waals surface area contributed by atoms with Crippen molar-refractivity contribution >= 4 is 31.3 Å². The van der Waals surface area contributed by atoms with E-state index in [1.54, 1.807) is 0 Å². The molecule has 0 aliphatic heterocycles. The molecule has 0 spiro atoms. The molecule has 0 heterocycles. The molecule has 0 saturated heterocycles. The highest BCUT2D eigenvalue weighted by molar-refractivity contribution is 8.13. The molecular formula is C14H20ClNO3S. The molecule has 0 radical (unpaired) electrons. The first-order valence-corrected chi connectivity index (χ1v) is 8.75. The maximum atomic E-state index is 11.6. The van der Waals surface area contributed by atoms with E-state index in [9.17, 15) is 13.2 Å². The number of anilines is 1. The fourth-order valence-corrected chi connectivity index (χ4v) is 2.83. The van der Waals surface area contributed by atoms with Crippen LogP contribution in [-0.4, -0.2) is 14.3 Å². The third-order valence-corrected chi connectivity index (χ3v) is 4.33. The first kappa shape index (κ1) is 17.0. The van der Waals surface area contributed by atoms with E-state index in [-0.39, 0.29) is 22.6 Å². The van der Waals surface area contributed by atoms with Gasteiger partial charge in [0, 0.05) is 23.3 Å². The minimum absolute atomic E-state index is 0.0627. The van der Waals surface area contributed by atoms with Crippen LogP contribution >= 0.6 is 10.7 Å². The van der Waals surface area contributed by atoms with Crippen LogP contribution < -0.4 is 5.32 Å². The zero-order chi connectivity index (χ0) is 15.7. The Labute approximate surface area is 124 Å². The van der Waals surface area contributed by atoms with Gasteiger partial charge in [-0.15, -0.1) is 0 Å². The summed E-state index contributed by atoms with van der Waals surface area (Å²) in [7, 11) is 1.65. The molecule has 0 fully saturated rings. The van der Waals surface area contributed by atoms with Gasteiger partial charge in [0.05, 0.1) is 4.90 Å². The number of hydrogen-bond donors (Lipinski definition) is 1. The van der Waals surface area contributed by atoms with Crippen LogP contribution in [0.4, 0.5) is 5.69 Å². The molecule has 1 aromatic carbocycles. The third kappa shape index (κ3) is 3.96. The van der Waals surface area contributed by atoms with Gasteiger partial charge in [0.1, 0.15) is 0 Å². The smallest absolute Gasteiger partial charge is 0.261 e. The molecule has 0 aliphatic rings. The van der Waals surface area contributed by atoms with Crippen molar-refractivity contribution in [1.29, 1.82) is 0 Å². The lowest BCUT2D eigenvalue weighted by Crippen LogP contribution is -2.13. The fraction of sp³-hybridized carbons (Fsp3) is 0.500. The average molecular weight is 318 g/mol. The molecule has 1 aromatic rings. The van der Waals surface area contributed by atoms with Gasteiger partial charge in [-0.25, -0.2) is 8.42 Å². The van der Waals surface area contributed by atoms with Crippen molar-refractivity contribution in [2.75, 3.05) is 5.32 Å². The second-order valence-corrected chi connectivity index (χ2v) is 7.97. The second kappa shape index (κ2) is 6.14. The van der Waals surface area contributed by atoms with Crippen molar-refractivity contribution in [3.63, 3.8) is 0 Å². The van der Waals surface area contributed by atoms with Gasteiger partial charge in [-0.05, 0) is 35.1 Å². The Kier molecular flexibility index (Phi) is 5.21. The van der Waals surface area contributed by atoms with Crippen molar-refractivity contribution in [1.82, 2.24) is 0 Å². The Balaban J connectivity index is 3.67. The lowest BCUT2D eigenvalue weighted by molar-refractivity contribution is -0.114. The van der Waals surface area contributed by atoms with E-state index in [1.807, 2.05) is 27.7 Å². The molecule has 0 aliphatic carbocycles. The monoisotopic (exact) mass is 317 g/mol. The van der Waals surface area contributed by atoms with E-state index in [2.05, 4.69) is 5.32 Å². The number of amides is 1. The predicted molar refractivity (Wildman–Crippen MR) is 82.0 cm³/mol. The molecule has 0 unspecified atom stereocenters. The van der Waals surface area contributed by atoms with E-state index in [0.29, 0.717) is 5.69 Å². The minimum atomic E-state index is -3.80. The molecule has 112 valence electrons. The second-order valence-electron chi connectivity index (χ2n) is 5.41. The lowest BCUT2D eigenvalue weighted by atomic mass is 9.92. The van der Waals surface area contributed by atoms with E-state index >= 15 is 0 Å². The first-order valence-electron chi connectivity index (χ1n) is 6.44. The van der Waals surface area contributed by atoms with Crippen molar-refractivity contribution in [2.24, 2.45) is 0 Å². The molecule has 4 nitrogen and oxygen atoms in total. The van der Waals surface area contributed by atoms with E-state index in [0.717, 1.165) is 11.1 Å². The molecule has 1 rings (SSSR count). The molecule has 1 amide bonds. The summed E-state index contributed by atoms with van der Waals surface area (Å²) in [5, 5.41) is 2.81. The van der Waals surface area contributed by atoms with Crippen LogP contribution in [0.15, 0.2) is 17.0 Å². The summed E-state index contributed by atoms with van der Waals surface area (Å²) < 4.78 is 23.2. The average Bonchev–Trinajstić information content (AvgIpc) is 2.25. The van der Waals surface area contributed by atoms with Crippen LogP contribution in [-0.2, 0) is 13.8 Å². The lowest BCUT2D eigenvalue weighted by Gasteiger charge is -2.21. The number of hydrogen-bond acceptors (Lipinski definition) is 3. The summed E-state index contributed by atoms with van der Waals surface area (Å²) in [5.74, 6) is -0.0595. The number of halogens is 1. The summed E-state index contributed by atoms with van der Waals surface area (Å²) in [6, 6.07) is 3.06. The largest absolute Gasteiger partial charge is 0.326 e. The topological polar surface area (TPSA) is 63.2 Å². The fourth-order valence-electron chi connectivity index (χ4n) is 2.03. The van der Waals surface area contributed by atoms with Crippen LogP contribution in [0.5, 0.6) is 0 Å². The molecule has 0 saturated carbocycles. The maximum Gasteiger partial charge on any atom is 0.261 e. The number of benzene rings is 1. The molecule has 0 bridgehead atoms. The number of carbonyl (C=O) groups excluding carboxylic acids is 1. The normalized spacial score (nSPS) is 12.0. The van der Waals surface area contributed by atoms with Crippen LogP contribution in [0.3, 0.4) is 0 Å². The Morgan fingerprint density at radius 3 is 1.75 bits per heavy atom. The third-order valence-electron chi connectivity index (χ3n) is 3.00. The van der Waals surface area contributed by atoms with Crippen LogP contribution in [0.1, 0.15) is 57.6 Å². The summed E-state index contributed by atoms with van der Waals surface area (Å²) in [4.78, 5) is 11.5. The van der Waals surface area contributed by atoms with Crippen molar-refractivity contribution in [3.8, 4) is 0 Å². The molecule has 0 aromatic heterocycles. The zero-order valence-corrected chi connectivity index (χ0v) is 13.9. The Bertz CT molecular complexity index is 592. The number of carbonyl (C=O) groups is 1. The zero-order valence-electron chi connectivity index (χ0n) is 12.3. The van der Waals surface area contributed by atoms with Crippen LogP contribution in [0.25, 0.3) is 0 Å². The number of rotatable bonds is 4. The van der Waals surface area contributed by atoms with Gasteiger partial charge in [0.2, 0.25) is 5.91 Å². The minimum Gasteiger partial charge on any atom is -0.326 e. The van der Waals surface area contributed by atoms with Crippen LogP contribution in [0.2, 0.25) is 0 Å². The number of nitrogens with one attached hydrogen (secondary N) is 1. The van der Waals surface area contributed by atoms with Gasteiger partial charge in [-0.3, -0.25) is 4.79 Å². The highest BCUT2D eigenvalue weighted by Gasteiger charge is 2.21. The first-order chi connectivity index (χ1) is 9.04. The summed E-state index contributed by atoms with van der Waals surface area (Å²) in [6.45, 7) is 9.19. The van der Waals surface area contributed by atoms with E-state index in [1.165, 1.54) is 19.1 Å². The highest BCUT2D eigenvalue weighted by atomic mass is 35.7. The predicted octanol–water partition coefficient (Wildman–Crippen LogP) is 3.82. The SMILES string of the molecule is CC(=O)Nc1c(C(C)C)cc(S(=O)(=O)Cl)cc1C(C)C. The molecule has 20 heavy (non-hydrogen) atoms. The standard InChI is InChI=1S/C14H20ClNO3S/c1-8(2)12-6-11(20(15,18)19)7-13(9(3)4)14(12)16-10(5)17/h6-9H,1-5H3,(H,16,17). The Hall–Kier alpha value is -1.07. The van der Waals surface area contributed by atoms with Gasteiger partial charge < -0.3 is 5.32 Å². The summed E-state index contributed by atoms with van der Waals surface area (Å²) in [6.07, 6.45) is 0. The van der Waals surface area contributed by atoms with Gasteiger partial charge >= 0.3 is 0 Å². The van der Waals surface area contributed by atoms with Gasteiger partial charge in [0.25, 0.3) is 9.05 Å². The maximum absolute atomic E-state index is 11.6. The molecular weight excluding hydrogens is 298 g/mol. The molecule has 6 heteroatoms. The van der Waals surface area contributed by atoms with Crippen LogP contribution in [0, 0.1) is 0 Å². The highest BCUT2D eigenvalue weighted by Crippen LogP contribution is 2.36. The van der Waals surface area contributed by atoms with Crippen molar-refractivity contribution in [2.45, 2.75) is 51.3 Å². The van der Waals surface area contributed by atoms with E-state index in [4.69, 9.17) is 10.7 Å². The summed E-state index contributed by atoms with van der Waals surface area (Å²) in [5.41, 5.74) is 2.22. The van der Waals surface area contributed by atoms with Gasteiger partial charge in [-0.1, -0.05) is 27.7 Å². The van der Waals surface area contributed by atoms with Gasteiger partial charge in [0.15, 0.2) is 0 Å². The molecule has 1 N–H and O–H groups in total. The Morgan fingerprint density at radius 1 is 1.10 bits per heavy atom. The van der Waals surface area contributed by atoms with Crippen molar-refractivity contribution < 1.29 is 13.2 Å². The quantitative estimate of drug-likeness (QED) is 0.859. The molecule has 0 atom stereocenters. The Morgan fingerprint density at radius 2 is 1.50 bits per heavy atom.